The van der Waals surface area contributed by atoms with E-state index in [4.69, 9.17) is 52.1 Å². The van der Waals surface area contributed by atoms with Gasteiger partial charge < -0.3 is 78.5 Å². The average molecular weight is 1010 g/mol. The van der Waals surface area contributed by atoms with Gasteiger partial charge in [0, 0.05) is 38.9 Å². The first-order valence-electron chi connectivity index (χ1n) is 24.1. The molecule has 71 heavy (non-hydrogen) atoms. The van der Waals surface area contributed by atoms with Crippen LogP contribution in [0.5, 0.6) is 0 Å². The van der Waals surface area contributed by atoms with Crippen LogP contribution in [0.15, 0.2) is 60.7 Å². The van der Waals surface area contributed by atoms with Crippen molar-refractivity contribution in [2.75, 3.05) is 139 Å². The summed E-state index contributed by atoms with van der Waals surface area (Å²) in [6, 6.07) is 17.4. The van der Waals surface area contributed by atoms with Crippen molar-refractivity contribution in [3.8, 4) is 0 Å². The topological polar surface area (TPSA) is 272 Å². The normalized spacial score (nSPS) is 11.4. The summed E-state index contributed by atoms with van der Waals surface area (Å²) >= 11 is 0. The SMILES string of the molecule is O=C(CCOCCOCCOCCNC(=O)CCOCCOCCOCCC(=O)NCCOCCOCCOCCC(=O)OCc1ccccc1)NCCCCC(NC(=O)OCc1ccccc1)C(=O)O. The van der Waals surface area contributed by atoms with Crippen molar-refractivity contribution in [3.05, 3.63) is 71.8 Å². The van der Waals surface area contributed by atoms with Gasteiger partial charge in [0.1, 0.15) is 19.3 Å². The molecule has 4 amide bonds. The van der Waals surface area contributed by atoms with Crippen LogP contribution in [0.4, 0.5) is 4.79 Å². The molecule has 0 spiro atoms. The standard InChI is InChI=1S/C49H76N4O18/c54-44(50-18-8-7-13-43(48(58)59)53-49(60)71-40-42-11-5-2-6-12-42)14-21-61-29-35-68-37-31-65-25-19-51-45(55)15-22-62-27-33-67-34-28-63-23-16-46(56)52-20-26-66-32-38-69-36-30-64-24-17-47(57)70-39-41-9-3-1-4-10-41/h1-6,9-12,43H,7-8,13-40H2,(H,50,54)(H,51,55)(H,52,56)(H,53,60)(H,58,59). The molecule has 0 aromatic heterocycles. The molecule has 0 saturated heterocycles. The maximum Gasteiger partial charge on any atom is 0.408 e. The second-order valence-electron chi connectivity index (χ2n) is 15.3. The van der Waals surface area contributed by atoms with Crippen LogP contribution in [0.2, 0.25) is 0 Å². The lowest BCUT2D eigenvalue weighted by Crippen LogP contribution is -2.41. The lowest BCUT2D eigenvalue weighted by atomic mass is 10.1. The van der Waals surface area contributed by atoms with Gasteiger partial charge >= 0.3 is 18.0 Å². The molecule has 0 aliphatic heterocycles. The molecule has 0 aliphatic rings. The summed E-state index contributed by atoms with van der Waals surface area (Å²) in [6.45, 7) is 7.23. The zero-order valence-corrected chi connectivity index (χ0v) is 41.0. The van der Waals surface area contributed by atoms with Gasteiger partial charge in [0.05, 0.1) is 125 Å². The third-order valence-corrected chi connectivity index (χ3v) is 9.53. The number of benzene rings is 2. The lowest BCUT2D eigenvalue weighted by Gasteiger charge is -2.14. The minimum absolute atomic E-state index is 0.0363. The van der Waals surface area contributed by atoms with Gasteiger partial charge in [0.2, 0.25) is 17.7 Å². The number of rotatable bonds is 47. The summed E-state index contributed by atoms with van der Waals surface area (Å²) in [5.74, 6) is -1.96. The summed E-state index contributed by atoms with van der Waals surface area (Å²) in [7, 11) is 0. The van der Waals surface area contributed by atoms with E-state index < -0.39 is 18.1 Å². The number of aliphatic carboxylic acids is 1. The quantitative estimate of drug-likeness (QED) is 0.0470. The zero-order valence-electron chi connectivity index (χ0n) is 41.0. The van der Waals surface area contributed by atoms with E-state index in [9.17, 15) is 33.9 Å². The Balaban J connectivity index is 1.22. The number of esters is 1. The van der Waals surface area contributed by atoms with Crippen LogP contribution in [0.1, 0.15) is 56.1 Å². The van der Waals surface area contributed by atoms with Crippen molar-refractivity contribution in [3.63, 3.8) is 0 Å². The number of carboxylic acid groups (broad SMARTS) is 1. The second-order valence-corrected chi connectivity index (χ2v) is 15.3. The van der Waals surface area contributed by atoms with Gasteiger partial charge in [-0.15, -0.1) is 0 Å². The fourth-order valence-corrected chi connectivity index (χ4v) is 5.74. The predicted molar refractivity (Wildman–Crippen MR) is 256 cm³/mol. The molecule has 0 saturated carbocycles. The zero-order chi connectivity index (χ0) is 51.1. The Hall–Kier alpha value is -5.30. The maximum absolute atomic E-state index is 12.1. The Kier molecular flexibility index (Phi) is 38.9. The Bertz CT molecular complexity index is 1680. The highest BCUT2D eigenvalue weighted by molar-refractivity contribution is 5.80. The predicted octanol–water partition coefficient (Wildman–Crippen LogP) is 2.34. The van der Waals surface area contributed by atoms with E-state index in [1.807, 2.05) is 48.5 Å². The molecule has 22 heteroatoms. The molecule has 1 unspecified atom stereocenters. The molecule has 2 rings (SSSR count). The molecule has 0 radical (unpaired) electrons. The van der Waals surface area contributed by atoms with Crippen molar-refractivity contribution in [2.45, 2.75) is 64.2 Å². The third-order valence-electron chi connectivity index (χ3n) is 9.53. The molecule has 0 heterocycles. The highest BCUT2D eigenvalue weighted by atomic mass is 16.6. The van der Waals surface area contributed by atoms with Gasteiger partial charge in [0.25, 0.3) is 0 Å². The van der Waals surface area contributed by atoms with Crippen molar-refractivity contribution in [1.82, 2.24) is 21.3 Å². The maximum atomic E-state index is 12.1. The van der Waals surface area contributed by atoms with Crippen LogP contribution in [0.25, 0.3) is 0 Å². The third kappa shape index (κ3) is 39.1. The molecule has 0 fully saturated rings. The van der Waals surface area contributed by atoms with Gasteiger partial charge in [0.15, 0.2) is 0 Å². The van der Waals surface area contributed by atoms with Crippen molar-refractivity contribution >= 4 is 35.8 Å². The van der Waals surface area contributed by atoms with Crippen LogP contribution in [-0.4, -0.2) is 185 Å². The minimum atomic E-state index is -1.16. The van der Waals surface area contributed by atoms with E-state index in [-0.39, 0.29) is 95.4 Å². The molecule has 1 atom stereocenters. The molecule has 0 aliphatic carbocycles. The molecular weight excluding hydrogens is 933 g/mol. The Morgan fingerprint density at radius 1 is 0.408 bits per heavy atom. The molecular formula is C49H76N4O18. The molecule has 5 N–H and O–H groups in total. The number of hydrogen-bond acceptors (Lipinski definition) is 17. The van der Waals surface area contributed by atoms with Gasteiger partial charge in [-0.3, -0.25) is 19.2 Å². The number of hydrogen-bond donors (Lipinski definition) is 5. The monoisotopic (exact) mass is 1010 g/mol. The number of nitrogens with one attached hydrogen (secondary N) is 4. The molecule has 0 bridgehead atoms. The summed E-state index contributed by atoms with van der Waals surface area (Å²) in [5, 5.41) is 20.1. The van der Waals surface area contributed by atoms with Crippen LogP contribution < -0.4 is 21.3 Å². The number of carbonyl (C=O) groups is 6. The number of carboxylic acids is 1. The van der Waals surface area contributed by atoms with Crippen molar-refractivity contribution < 1.29 is 86.0 Å². The number of amides is 4. The molecule has 2 aromatic rings. The van der Waals surface area contributed by atoms with Gasteiger partial charge in [-0.25, -0.2) is 9.59 Å². The summed E-state index contributed by atoms with van der Waals surface area (Å²) < 4.78 is 59.2. The van der Waals surface area contributed by atoms with Crippen molar-refractivity contribution in [2.24, 2.45) is 0 Å². The number of carbonyl (C=O) groups excluding carboxylic acids is 5. The Labute approximate surface area is 416 Å². The van der Waals surface area contributed by atoms with Gasteiger partial charge in [-0.1, -0.05) is 60.7 Å². The van der Waals surface area contributed by atoms with Gasteiger partial charge in [-0.2, -0.15) is 0 Å². The van der Waals surface area contributed by atoms with Crippen LogP contribution in [0.3, 0.4) is 0 Å². The van der Waals surface area contributed by atoms with E-state index in [1.54, 1.807) is 12.1 Å². The van der Waals surface area contributed by atoms with Crippen molar-refractivity contribution in [1.29, 1.82) is 0 Å². The fraction of sp³-hybridized carbons (Fsp3) is 0.633. The summed E-state index contributed by atoms with van der Waals surface area (Å²) in [5.41, 5.74) is 1.72. The smallest absolute Gasteiger partial charge is 0.408 e. The first-order valence-corrected chi connectivity index (χ1v) is 24.1. The largest absolute Gasteiger partial charge is 0.480 e. The van der Waals surface area contributed by atoms with E-state index in [2.05, 4.69) is 21.3 Å². The lowest BCUT2D eigenvalue weighted by molar-refractivity contribution is -0.146. The number of ether oxygens (including phenoxy) is 11. The Morgan fingerprint density at radius 2 is 0.761 bits per heavy atom. The molecule has 2 aromatic carbocycles. The molecule has 22 nitrogen and oxygen atoms in total. The highest BCUT2D eigenvalue weighted by Crippen LogP contribution is 2.05. The molecule has 400 valence electrons. The van der Waals surface area contributed by atoms with Gasteiger partial charge in [-0.05, 0) is 30.4 Å². The number of unbranched alkanes of at least 4 members (excludes halogenated alkanes) is 1. The van der Waals surface area contributed by atoms with Crippen LogP contribution in [0, 0.1) is 0 Å². The highest BCUT2D eigenvalue weighted by Gasteiger charge is 2.20. The minimum Gasteiger partial charge on any atom is -0.480 e. The van der Waals surface area contributed by atoms with E-state index in [0.717, 1.165) is 11.1 Å². The fourth-order valence-electron chi connectivity index (χ4n) is 5.74. The first kappa shape index (κ1) is 61.8. The second kappa shape index (κ2) is 44.6. The number of alkyl carbamates (subject to hydrolysis) is 1. The first-order chi connectivity index (χ1) is 34.7. The summed E-state index contributed by atoms with van der Waals surface area (Å²) in [4.78, 5) is 71.3. The van der Waals surface area contributed by atoms with E-state index >= 15 is 0 Å². The summed E-state index contributed by atoms with van der Waals surface area (Å²) in [6.07, 6.45) is 1.17. The Morgan fingerprint density at radius 3 is 1.17 bits per heavy atom. The van der Waals surface area contributed by atoms with E-state index in [1.165, 1.54) is 0 Å². The average Bonchev–Trinajstić information content (AvgIpc) is 3.37. The van der Waals surface area contributed by atoms with E-state index in [0.29, 0.717) is 125 Å². The van der Waals surface area contributed by atoms with Crippen LogP contribution in [-0.2, 0) is 89.3 Å². The van der Waals surface area contributed by atoms with Crippen LogP contribution >= 0.6 is 0 Å².